The highest BCUT2D eigenvalue weighted by Crippen LogP contribution is 2.61. The van der Waals surface area contributed by atoms with Gasteiger partial charge in [0.15, 0.2) is 0 Å². The molecule has 1 saturated carbocycles. The Morgan fingerprint density at radius 2 is 2.12 bits per heavy atom. The first-order chi connectivity index (χ1) is 7.50. The summed E-state index contributed by atoms with van der Waals surface area (Å²) in [6, 6.07) is 0. The molecule has 0 aromatic rings. The molecule has 0 aromatic carbocycles. The Balaban J connectivity index is 2.22. The van der Waals surface area contributed by atoms with Gasteiger partial charge in [-0.15, -0.1) is 0 Å². The SMILES string of the molecule is CC12CCC=C3C(=O)OC(CCC1=O)[C@]32C. The van der Waals surface area contributed by atoms with Gasteiger partial charge in [-0.1, -0.05) is 19.9 Å². The summed E-state index contributed by atoms with van der Waals surface area (Å²) < 4.78 is 5.44. The molecular weight excluding hydrogens is 204 g/mol. The van der Waals surface area contributed by atoms with Gasteiger partial charge in [-0.25, -0.2) is 4.79 Å². The van der Waals surface area contributed by atoms with Crippen molar-refractivity contribution in [2.75, 3.05) is 0 Å². The zero-order valence-electron chi connectivity index (χ0n) is 9.71. The minimum Gasteiger partial charge on any atom is -0.458 e. The van der Waals surface area contributed by atoms with Crippen LogP contribution in [-0.4, -0.2) is 17.9 Å². The molecule has 3 atom stereocenters. The smallest absolute Gasteiger partial charge is 0.334 e. The van der Waals surface area contributed by atoms with Crippen molar-refractivity contribution in [1.82, 2.24) is 0 Å². The van der Waals surface area contributed by atoms with Gasteiger partial charge in [-0.2, -0.15) is 0 Å². The third-order valence-corrected chi connectivity index (χ3v) is 5.06. The Bertz CT molecular complexity index is 423. The normalized spacial score (nSPS) is 46.1. The fourth-order valence-electron chi connectivity index (χ4n) is 3.72. The molecule has 2 fully saturated rings. The molecule has 2 aliphatic carbocycles. The number of rotatable bonds is 0. The molecule has 3 heteroatoms. The summed E-state index contributed by atoms with van der Waals surface area (Å²) in [6.45, 7) is 4.04. The van der Waals surface area contributed by atoms with Gasteiger partial charge in [0.25, 0.3) is 0 Å². The van der Waals surface area contributed by atoms with Crippen molar-refractivity contribution < 1.29 is 14.3 Å². The van der Waals surface area contributed by atoms with Crippen LogP contribution in [-0.2, 0) is 14.3 Å². The highest BCUT2D eigenvalue weighted by Gasteiger charge is 2.65. The number of ketones is 1. The summed E-state index contributed by atoms with van der Waals surface area (Å²) in [5.41, 5.74) is -0.0246. The zero-order chi connectivity index (χ0) is 11.6. The largest absolute Gasteiger partial charge is 0.458 e. The van der Waals surface area contributed by atoms with Crippen LogP contribution in [0, 0.1) is 10.8 Å². The van der Waals surface area contributed by atoms with E-state index in [1.807, 2.05) is 19.9 Å². The summed E-state index contributed by atoms with van der Waals surface area (Å²) >= 11 is 0. The van der Waals surface area contributed by atoms with E-state index in [0.717, 1.165) is 18.4 Å². The second-order valence-electron chi connectivity index (χ2n) is 5.55. The molecule has 0 N–H and O–H groups in total. The predicted molar refractivity (Wildman–Crippen MR) is 57.7 cm³/mol. The van der Waals surface area contributed by atoms with Crippen LogP contribution < -0.4 is 0 Å². The molecule has 16 heavy (non-hydrogen) atoms. The maximum absolute atomic E-state index is 12.2. The van der Waals surface area contributed by atoms with Crippen LogP contribution in [0.5, 0.6) is 0 Å². The van der Waals surface area contributed by atoms with Gasteiger partial charge < -0.3 is 4.74 Å². The van der Waals surface area contributed by atoms with Crippen LogP contribution in [0.15, 0.2) is 11.6 Å². The lowest BCUT2D eigenvalue weighted by molar-refractivity contribution is -0.152. The molecule has 3 rings (SSSR count). The average molecular weight is 220 g/mol. The lowest BCUT2D eigenvalue weighted by Crippen LogP contribution is -2.54. The van der Waals surface area contributed by atoms with Crippen LogP contribution in [0.25, 0.3) is 0 Å². The van der Waals surface area contributed by atoms with Crippen molar-refractivity contribution in [3.63, 3.8) is 0 Å². The molecule has 86 valence electrons. The van der Waals surface area contributed by atoms with Gasteiger partial charge in [-0.05, 0) is 19.3 Å². The van der Waals surface area contributed by atoms with Crippen LogP contribution in [0.1, 0.15) is 39.5 Å². The number of allylic oxidation sites excluding steroid dienone is 1. The molecule has 2 unspecified atom stereocenters. The van der Waals surface area contributed by atoms with E-state index in [9.17, 15) is 9.59 Å². The lowest BCUT2D eigenvalue weighted by Gasteiger charge is -2.50. The third kappa shape index (κ3) is 0.864. The van der Waals surface area contributed by atoms with Crippen molar-refractivity contribution in [3.05, 3.63) is 11.6 Å². The van der Waals surface area contributed by atoms with Gasteiger partial charge in [0, 0.05) is 22.8 Å². The molecule has 0 radical (unpaired) electrons. The lowest BCUT2D eigenvalue weighted by atomic mass is 9.50. The molecule has 3 aliphatic rings. The predicted octanol–water partition coefficient (Wildman–Crippen LogP) is 2.01. The van der Waals surface area contributed by atoms with Crippen molar-refractivity contribution in [2.24, 2.45) is 10.8 Å². The van der Waals surface area contributed by atoms with Crippen LogP contribution in [0.3, 0.4) is 0 Å². The van der Waals surface area contributed by atoms with Gasteiger partial charge in [-0.3, -0.25) is 4.79 Å². The topological polar surface area (TPSA) is 43.4 Å². The first kappa shape index (κ1) is 10.1. The number of esters is 1. The highest BCUT2D eigenvalue weighted by atomic mass is 16.6. The van der Waals surface area contributed by atoms with E-state index in [4.69, 9.17) is 4.74 Å². The average Bonchev–Trinajstić information content (AvgIpc) is 2.49. The van der Waals surface area contributed by atoms with E-state index in [1.54, 1.807) is 0 Å². The summed E-state index contributed by atoms with van der Waals surface area (Å²) in [7, 11) is 0. The number of carbonyl (C=O) groups is 2. The number of Topliss-reactive ketones (excluding diaryl/α,β-unsaturated/α-hetero) is 1. The van der Waals surface area contributed by atoms with Gasteiger partial charge in [0.2, 0.25) is 0 Å². The van der Waals surface area contributed by atoms with E-state index in [1.165, 1.54) is 0 Å². The van der Waals surface area contributed by atoms with Gasteiger partial charge >= 0.3 is 5.97 Å². The molecule has 1 saturated heterocycles. The number of hydrogen-bond acceptors (Lipinski definition) is 3. The Kier molecular flexibility index (Phi) is 1.74. The van der Waals surface area contributed by atoms with Crippen molar-refractivity contribution in [3.8, 4) is 0 Å². The number of hydrogen-bond donors (Lipinski definition) is 0. The molecular formula is C13H16O3. The van der Waals surface area contributed by atoms with E-state index < -0.39 is 5.41 Å². The fourth-order valence-corrected chi connectivity index (χ4v) is 3.72. The summed E-state index contributed by atoms with van der Waals surface area (Å²) in [5, 5.41) is 0. The summed E-state index contributed by atoms with van der Waals surface area (Å²) in [4.78, 5) is 24.0. The maximum atomic E-state index is 12.2. The zero-order valence-corrected chi connectivity index (χ0v) is 9.71. The second kappa shape index (κ2) is 2.76. The van der Waals surface area contributed by atoms with Crippen molar-refractivity contribution in [2.45, 2.75) is 45.6 Å². The molecule has 3 nitrogen and oxygen atoms in total. The third-order valence-electron chi connectivity index (χ3n) is 5.06. The Labute approximate surface area is 94.8 Å². The molecule has 0 bridgehead atoms. The molecule has 0 spiro atoms. The van der Waals surface area contributed by atoms with Crippen LogP contribution >= 0.6 is 0 Å². The maximum Gasteiger partial charge on any atom is 0.334 e. The minimum atomic E-state index is -0.397. The summed E-state index contributed by atoms with van der Waals surface area (Å²) in [5.74, 6) is 0.100. The molecule has 0 aromatic heterocycles. The molecule has 1 heterocycles. The van der Waals surface area contributed by atoms with E-state index in [2.05, 4.69) is 0 Å². The summed E-state index contributed by atoms with van der Waals surface area (Å²) in [6.07, 6.45) is 4.79. The first-order valence-electron chi connectivity index (χ1n) is 5.95. The molecule has 1 aliphatic heterocycles. The fraction of sp³-hybridized carbons (Fsp3) is 0.692. The van der Waals surface area contributed by atoms with Crippen molar-refractivity contribution in [1.29, 1.82) is 0 Å². The number of ether oxygens (including phenoxy) is 1. The Morgan fingerprint density at radius 3 is 2.88 bits per heavy atom. The second-order valence-corrected chi connectivity index (χ2v) is 5.55. The quantitative estimate of drug-likeness (QED) is 0.586. The monoisotopic (exact) mass is 220 g/mol. The van der Waals surface area contributed by atoms with E-state index >= 15 is 0 Å². The highest BCUT2D eigenvalue weighted by molar-refractivity contribution is 5.98. The van der Waals surface area contributed by atoms with Crippen LogP contribution in [0.4, 0.5) is 0 Å². The Morgan fingerprint density at radius 1 is 1.38 bits per heavy atom. The number of carbonyl (C=O) groups excluding carboxylic acids is 2. The van der Waals surface area contributed by atoms with Crippen LogP contribution in [0.2, 0.25) is 0 Å². The van der Waals surface area contributed by atoms with Gasteiger partial charge in [0.05, 0.1) is 0 Å². The molecule has 0 amide bonds. The van der Waals surface area contributed by atoms with E-state index in [0.29, 0.717) is 18.6 Å². The van der Waals surface area contributed by atoms with E-state index in [-0.39, 0.29) is 17.5 Å². The van der Waals surface area contributed by atoms with Gasteiger partial charge in [0.1, 0.15) is 11.9 Å². The minimum absolute atomic E-state index is 0.0887. The Hall–Kier alpha value is -1.12. The standard InChI is InChI=1S/C13H16O3/c1-12-7-3-4-8-11(15)16-10(13(8,12)2)6-5-9(12)14/h4,10H,3,5-7H2,1-2H3/t10?,12?,13-/m0/s1. The first-order valence-corrected chi connectivity index (χ1v) is 5.95. The van der Waals surface area contributed by atoms with Crippen molar-refractivity contribution >= 4 is 11.8 Å².